The summed E-state index contributed by atoms with van der Waals surface area (Å²) >= 11 is 16.0. The molecule has 0 radical (unpaired) electrons. The maximum atomic E-state index is 13.1. The zero-order valence-electron chi connectivity index (χ0n) is 21.1. The summed E-state index contributed by atoms with van der Waals surface area (Å²) in [5, 5.41) is 3.85. The molecule has 0 bridgehead atoms. The maximum absolute atomic E-state index is 13.1. The number of rotatable bonds is 8. The van der Waals surface area contributed by atoms with E-state index in [1.165, 1.54) is 0 Å². The molecule has 0 unspecified atom stereocenters. The molecule has 10 heteroatoms. The highest BCUT2D eigenvalue weighted by Gasteiger charge is 2.34. The molecule has 2 amide bonds. The van der Waals surface area contributed by atoms with Crippen LogP contribution in [0, 0.1) is 0 Å². The van der Waals surface area contributed by atoms with Crippen LogP contribution in [0.4, 0.5) is 0 Å². The first-order chi connectivity index (χ1) is 19.3. The summed E-state index contributed by atoms with van der Waals surface area (Å²) in [7, 11) is 0. The van der Waals surface area contributed by atoms with Gasteiger partial charge in [0.25, 0.3) is 11.8 Å². The predicted molar refractivity (Wildman–Crippen MR) is 168 cm³/mol. The number of hydrogen-bond acceptors (Lipinski definition) is 6. The van der Waals surface area contributed by atoms with E-state index in [2.05, 4.69) is 39.6 Å². The van der Waals surface area contributed by atoms with Crippen LogP contribution < -0.4 is 14.9 Å². The van der Waals surface area contributed by atoms with Crippen molar-refractivity contribution >= 4 is 84.5 Å². The van der Waals surface area contributed by atoms with Crippen molar-refractivity contribution in [3.8, 4) is 11.5 Å². The molecule has 0 spiro atoms. The van der Waals surface area contributed by atoms with E-state index >= 15 is 0 Å². The van der Waals surface area contributed by atoms with Crippen LogP contribution in [0.2, 0.25) is 5.02 Å². The quantitative estimate of drug-likeness (QED) is 0.155. The highest BCUT2D eigenvalue weighted by Crippen LogP contribution is 2.40. The molecule has 202 valence electrons. The van der Waals surface area contributed by atoms with E-state index < -0.39 is 11.8 Å². The molecule has 1 heterocycles. The van der Waals surface area contributed by atoms with Gasteiger partial charge >= 0.3 is 0 Å². The van der Waals surface area contributed by atoms with E-state index in [4.69, 9.17) is 33.3 Å². The Hall–Kier alpha value is -3.37. The zero-order valence-corrected chi connectivity index (χ0v) is 25.1. The van der Waals surface area contributed by atoms with Crippen LogP contribution in [-0.2, 0) is 11.4 Å². The minimum atomic E-state index is -0.469. The van der Waals surface area contributed by atoms with Gasteiger partial charge in [0.15, 0.2) is 15.8 Å². The molecule has 4 aromatic rings. The Kier molecular flexibility index (Phi) is 8.75. The van der Waals surface area contributed by atoms with Crippen molar-refractivity contribution in [1.82, 2.24) is 10.4 Å². The molecule has 5 rings (SSSR count). The number of benzene rings is 4. The van der Waals surface area contributed by atoms with E-state index in [-0.39, 0.29) is 4.32 Å². The SMILES string of the molecule is CCOc1cc(/C=C2/SC(=S)N(NC(=O)c3ccc(Cl)cc3)C2=O)cc(Br)c1OCc1cccc2ccccc12. The molecule has 0 aromatic heterocycles. The van der Waals surface area contributed by atoms with Gasteiger partial charge in [-0.2, -0.15) is 5.01 Å². The Morgan fingerprint density at radius 2 is 1.82 bits per heavy atom. The van der Waals surface area contributed by atoms with Crippen LogP contribution in [0.25, 0.3) is 16.8 Å². The van der Waals surface area contributed by atoms with Crippen LogP contribution in [0.5, 0.6) is 11.5 Å². The smallest absolute Gasteiger partial charge is 0.285 e. The summed E-state index contributed by atoms with van der Waals surface area (Å²) in [5.74, 6) is 0.204. The van der Waals surface area contributed by atoms with E-state index in [9.17, 15) is 9.59 Å². The van der Waals surface area contributed by atoms with Crippen molar-refractivity contribution in [2.45, 2.75) is 13.5 Å². The fourth-order valence-electron chi connectivity index (χ4n) is 4.13. The lowest BCUT2D eigenvalue weighted by Gasteiger charge is -2.16. The molecule has 0 aliphatic carbocycles. The van der Waals surface area contributed by atoms with Gasteiger partial charge in [0.2, 0.25) is 0 Å². The van der Waals surface area contributed by atoms with E-state index in [1.807, 2.05) is 43.3 Å². The van der Waals surface area contributed by atoms with Crippen LogP contribution in [0.1, 0.15) is 28.4 Å². The first-order valence-corrected chi connectivity index (χ1v) is 14.6. The third-order valence-corrected chi connectivity index (χ3v) is 8.14. The summed E-state index contributed by atoms with van der Waals surface area (Å²) in [6, 6.07) is 24.3. The molecular weight excluding hydrogens is 632 g/mol. The number of halogens is 2. The lowest BCUT2D eigenvalue weighted by Crippen LogP contribution is -2.44. The standard InChI is InChI=1S/C30H22BrClN2O4S2/c1-2-37-25-15-18(14-24(31)27(25)38-17-21-8-5-7-19-6-3-4-9-23(19)21)16-26-29(36)34(30(39)40-26)33-28(35)20-10-12-22(32)13-11-20/h3-16H,2,17H2,1H3,(H,33,35)/b26-16+. The van der Waals surface area contributed by atoms with Crippen LogP contribution in [-0.4, -0.2) is 27.8 Å². The van der Waals surface area contributed by atoms with Crippen molar-refractivity contribution in [3.05, 3.63) is 110 Å². The molecule has 1 fully saturated rings. The van der Waals surface area contributed by atoms with Gasteiger partial charge in [-0.3, -0.25) is 15.0 Å². The average molecular weight is 654 g/mol. The molecule has 1 saturated heterocycles. The predicted octanol–water partition coefficient (Wildman–Crippen LogP) is 7.78. The number of ether oxygens (including phenoxy) is 2. The average Bonchev–Trinajstić information content (AvgIpc) is 3.20. The second-order valence-corrected chi connectivity index (χ2v) is 11.6. The summed E-state index contributed by atoms with van der Waals surface area (Å²) in [5.41, 5.74) is 4.69. The first kappa shape index (κ1) is 28.2. The van der Waals surface area contributed by atoms with Crippen LogP contribution >= 0.6 is 51.5 Å². The van der Waals surface area contributed by atoms with Gasteiger partial charge in [-0.1, -0.05) is 65.8 Å². The first-order valence-electron chi connectivity index (χ1n) is 12.2. The molecule has 1 aliphatic heterocycles. The Bertz CT molecular complexity index is 1650. The number of nitrogens with one attached hydrogen (secondary N) is 1. The summed E-state index contributed by atoms with van der Waals surface area (Å²) in [6.07, 6.45) is 1.70. The Balaban J connectivity index is 1.35. The number of hydrazine groups is 1. The summed E-state index contributed by atoms with van der Waals surface area (Å²) in [4.78, 5) is 26.1. The van der Waals surface area contributed by atoms with Crippen LogP contribution in [0.3, 0.4) is 0 Å². The Labute approximate surface area is 254 Å². The monoisotopic (exact) mass is 652 g/mol. The Morgan fingerprint density at radius 3 is 2.60 bits per heavy atom. The topological polar surface area (TPSA) is 67.9 Å². The minimum absolute atomic E-state index is 0.220. The zero-order chi connectivity index (χ0) is 28.2. The maximum Gasteiger partial charge on any atom is 0.285 e. The largest absolute Gasteiger partial charge is 0.490 e. The van der Waals surface area contributed by atoms with E-state index in [0.29, 0.717) is 50.2 Å². The number of carbonyl (C=O) groups is 2. The number of thiocarbonyl (C=S) groups is 1. The fourth-order valence-corrected chi connectivity index (χ4v) is 6.01. The lowest BCUT2D eigenvalue weighted by atomic mass is 10.1. The van der Waals surface area contributed by atoms with E-state index in [1.54, 1.807) is 30.3 Å². The summed E-state index contributed by atoms with van der Waals surface area (Å²) in [6.45, 7) is 2.67. The fraction of sp³-hybridized carbons (Fsp3) is 0.100. The molecule has 1 N–H and O–H groups in total. The molecule has 4 aromatic carbocycles. The normalized spacial score (nSPS) is 14.2. The highest BCUT2D eigenvalue weighted by molar-refractivity contribution is 9.10. The van der Waals surface area contributed by atoms with Gasteiger partial charge < -0.3 is 9.47 Å². The number of thioether (sulfide) groups is 1. The van der Waals surface area contributed by atoms with Crippen molar-refractivity contribution in [2.24, 2.45) is 0 Å². The van der Waals surface area contributed by atoms with Gasteiger partial charge in [-0.15, -0.1) is 0 Å². The molecule has 40 heavy (non-hydrogen) atoms. The molecular formula is C30H22BrClN2O4S2. The van der Waals surface area contributed by atoms with Crippen molar-refractivity contribution in [1.29, 1.82) is 0 Å². The number of hydrogen-bond donors (Lipinski definition) is 1. The minimum Gasteiger partial charge on any atom is -0.490 e. The van der Waals surface area contributed by atoms with Gasteiger partial charge in [0.05, 0.1) is 16.0 Å². The van der Waals surface area contributed by atoms with E-state index in [0.717, 1.165) is 33.1 Å². The third-order valence-electron chi connectivity index (χ3n) is 5.99. The van der Waals surface area contributed by atoms with Gasteiger partial charge in [-0.25, -0.2) is 0 Å². The number of fused-ring (bicyclic) bond motifs is 1. The number of amides is 2. The molecule has 6 nitrogen and oxygen atoms in total. The molecule has 0 atom stereocenters. The van der Waals surface area contributed by atoms with Crippen molar-refractivity contribution in [3.63, 3.8) is 0 Å². The second kappa shape index (κ2) is 12.4. The number of carbonyl (C=O) groups excluding carboxylic acids is 2. The van der Waals surface area contributed by atoms with Gasteiger partial charge in [0.1, 0.15) is 6.61 Å². The Morgan fingerprint density at radius 1 is 1.07 bits per heavy atom. The third kappa shape index (κ3) is 6.18. The molecule has 1 aliphatic rings. The van der Waals surface area contributed by atoms with Crippen LogP contribution in [0.15, 0.2) is 88.2 Å². The lowest BCUT2D eigenvalue weighted by molar-refractivity contribution is -0.123. The van der Waals surface area contributed by atoms with Crippen molar-refractivity contribution < 1.29 is 19.1 Å². The van der Waals surface area contributed by atoms with Crippen molar-refractivity contribution in [2.75, 3.05) is 6.61 Å². The number of nitrogens with zero attached hydrogens (tertiary/aromatic N) is 1. The van der Waals surface area contributed by atoms with Gasteiger partial charge in [-0.05, 0) is 99.4 Å². The van der Waals surface area contributed by atoms with Gasteiger partial charge in [0, 0.05) is 10.6 Å². The second-order valence-electron chi connectivity index (χ2n) is 8.65. The summed E-state index contributed by atoms with van der Waals surface area (Å²) < 4.78 is 13.0. The molecule has 0 saturated carbocycles. The highest BCUT2D eigenvalue weighted by atomic mass is 79.9.